The van der Waals surface area contributed by atoms with Crippen LogP contribution in [0.2, 0.25) is 0 Å². The fourth-order valence-electron chi connectivity index (χ4n) is 3.61. The maximum Gasteiger partial charge on any atom is 0.261 e. The van der Waals surface area contributed by atoms with E-state index in [-0.39, 0.29) is 18.4 Å². The summed E-state index contributed by atoms with van der Waals surface area (Å²) in [5.74, 6) is 0.101. The standard InChI is InChI=1S/C28H33N3O5S/c1-6-28(2,3)30-27(34)25(19-9-13-21(35-4)14-10-19)31(20-11-15-22(36-5)16-12-20)24(32)18-29-26(33)23-8-7-17-37-23/h7-17,25H,6,18H2,1-5H3,(H,29,33)(H,30,34)/t25-/m1/s1. The number of anilines is 1. The summed E-state index contributed by atoms with van der Waals surface area (Å²) in [6, 6.07) is 16.3. The molecule has 0 spiro atoms. The second-order valence-corrected chi connectivity index (χ2v) is 9.97. The Kier molecular flexibility index (Phi) is 9.30. The van der Waals surface area contributed by atoms with Crippen LogP contribution in [0.1, 0.15) is 48.5 Å². The first kappa shape index (κ1) is 27.7. The maximum absolute atomic E-state index is 13.8. The van der Waals surface area contributed by atoms with E-state index < -0.39 is 17.5 Å². The molecule has 2 N–H and O–H groups in total. The van der Waals surface area contributed by atoms with Gasteiger partial charge in [-0.3, -0.25) is 19.3 Å². The van der Waals surface area contributed by atoms with Crippen LogP contribution in [-0.2, 0) is 9.59 Å². The lowest BCUT2D eigenvalue weighted by Gasteiger charge is -2.34. The van der Waals surface area contributed by atoms with E-state index in [2.05, 4.69) is 10.6 Å². The number of thiophene rings is 1. The smallest absolute Gasteiger partial charge is 0.261 e. The van der Waals surface area contributed by atoms with Crippen LogP contribution < -0.4 is 25.0 Å². The lowest BCUT2D eigenvalue weighted by Crippen LogP contribution is -2.52. The van der Waals surface area contributed by atoms with Crippen LogP contribution in [0.25, 0.3) is 0 Å². The summed E-state index contributed by atoms with van der Waals surface area (Å²) in [6.45, 7) is 5.54. The molecule has 8 nitrogen and oxygen atoms in total. The van der Waals surface area contributed by atoms with E-state index in [0.717, 1.165) is 0 Å². The first-order valence-electron chi connectivity index (χ1n) is 11.9. The van der Waals surface area contributed by atoms with Gasteiger partial charge in [0.1, 0.15) is 17.5 Å². The normalized spacial score (nSPS) is 11.8. The average Bonchev–Trinajstić information content (AvgIpc) is 3.45. The summed E-state index contributed by atoms with van der Waals surface area (Å²) in [6.07, 6.45) is 0.696. The van der Waals surface area contributed by atoms with Crippen molar-refractivity contribution < 1.29 is 23.9 Å². The molecule has 196 valence electrons. The van der Waals surface area contributed by atoms with Gasteiger partial charge in [0, 0.05) is 11.2 Å². The Morgan fingerprint density at radius 3 is 2.05 bits per heavy atom. The van der Waals surface area contributed by atoms with Crippen LogP contribution in [0.5, 0.6) is 11.5 Å². The molecule has 0 aliphatic rings. The highest BCUT2D eigenvalue weighted by Crippen LogP contribution is 2.31. The summed E-state index contributed by atoms with van der Waals surface area (Å²) in [4.78, 5) is 42.0. The number of hydrogen-bond acceptors (Lipinski definition) is 6. The van der Waals surface area contributed by atoms with Crippen molar-refractivity contribution in [1.82, 2.24) is 10.6 Å². The summed E-state index contributed by atoms with van der Waals surface area (Å²) >= 11 is 1.29. The topological polar surface area (TPSA) is 97.0 Å². The molecule has 0 fully saturated rings. The van der Waals surface area contributed by atoms with Gasteiger partial charge in [-0.05, 0) is 73.7 Å². The predicted molar refractivity (Wildman–Crippen MR) is 145 cm³/mol. The van der Waals surface area contributed by atoms with Crippen LogP contribution in [0.15, 0.2) is 66.0 Å². The van der Waals surface area contributed by atoms with E-state index in [1.165, 1.54) is 16.2 Å². The highest BCUT2D eigenvalue weighted by Gasteiger charge is 2.35. The molecule has 1 heterocycles. The molecule has 2 aromatic carbocycles. The molecule has 1 aromatic heterocycles. The van der Waals surface area contributed by atoms with Gasteiger partial charge < -0.3 is 20.1 Å². The van der Waals surface area contributed by atoms with E-state index in [1.54, 1.807) is 80.3 Å². The molecule has 0 saturated carbocycles. The third-order valence-electron chi connectivity index (χ3n) is 6.05. The van der Waals surface area contributed by atoms with Gasteiger partial charge in [0.25, 0.3) is 5.91 Å². The molecule has 0 bridgehead atoms. The highest BCUT2D eigenvalue weighted by molar-refractivity contribution is 7.12. The van der Waals surface area contributed by atoms with E-state index in [4.69, 9.17) is 9.47 Å². The number of rotatable bonds is 11. The van der Waals surface area contributed by atoms with Gasteiger partial charge in [-0.2, -0.15) is 0 Å². The summed E-state index contributed by atoms with van der Waals surface area (Å²) in [5, 5.41) is 7.55. The Labute approximate surface area is 221 Å². The fourth-order valence-corrected chi connectivity index (χ4v) is 4.25. The Hall–Kier alpha value is -3.85. The van der Waals surface area contributed by atoms with E-state index >= 15 is 0 Å². The van der Waals surface area contributed by atoms with Crippen LogP contribution in [0, 0.1) is 0 Å². The molecule has 3 rings (SSSR count). The second-order valence-electron chi connectivity index (χ2n) is 9.02. The van der Waals surface area contributed by atoms with E-state index in [9.17, 15) is 14.4 Å². The van der Waals surface area contributed by atoms with Crippen molar-refractivity contribution in [3.8, 4) is 11.5 Å². The third kappa shape index (κ3) is 7.10. The Balaban J connectivity index is 2.04. The molecule has 0 aliphatic heterocycles. The quantitative estimate of drug-likeness (QED) is 0.384. The fraction of sp³-hybridized carbons (Fsp3) is 0.321. The molecule has 3 aromatic rings. The zero-order chi connectivity index (χ0) is 27.0. The molecule has 0 unspecified atom stereocenters. The number of ether oxygens (including phenoxy) is 2. The minimum atomic E-state index is -1.00. The predicted octanol–water partition coefficient (Wildman–Crippen LogP) is 4.57. The van der Waals surface area contributed by atoms with E-state index in [0.29, 0.717) is 34.0 Å². The van der Waals surface area contributed by atoms with Gasteiger partial charge in [-0.1, -0.05) is 25.1 Å². The molecular weight excluding hydrogens is 490 g/mol. The number of hydrogen-bond donors (Lipinski definition) is 2. The van der Waals surface area contributed by atoms with Gasteiger partial charge in [-0.25, -0.2) is 0 Å². The SMILES string of the molecule is CCC(C)(C)NC(=O)[C@@H](c1ccc(OC)cc1)N(C(=O)CNC(=O)c1cccs1)c1ccc(OC)cc1. The lowest BCUT2D eigenvalue weighted by molar-refractivity contribution is -0.127. The monoisotopic (exact) mass is 523 g/mol. The molecule has 1 atom stereocenters. The largest absolute Gasteiger partial charge is 0.497 e. The molecule has 0 saturated heterocycles. The van der Waals surface area contributed by atoms with Crippen LogP contribution in [-0.4, -0.2) is 44.0 Å². The van der Waals surface area contributed by atoms with Crippen molar-refractivity contribution in [2.75, 3.05) is 25.7 Å². The minimum Gasteiger partial charge on any atom is -0.497 e. The summed E-state index contributed by atoms with van der Waals surface area (Å²) in [5.41, 5.74) is 0.587. The summed E-state index contributed by atoms with van der Waals surface area (Å²) < 4.78 is 10.6. The number of nitrogens with zero attached hydrogens (tertiary/aromatic N) is 1. The average molecular weight is 524 g/mol. The van der Waals surface area contributed by atoms with Gasteiger partial charge in [-0.15, -0.1) is 11.3 Å². The molecule has 3 amide bonds. The molecule has 37 heavy (non-hydrogen) atoms. The molecular formula is C28H33N3O5S. The molecule has 9 heteroatoms. The summed E-state index contributed by atoms with van der Waals surface area (Å²) in [7, 11) is 3.12. The third-order valence-corrected chi connectivity index (χ3v) is 6.92. The lowest BCUT2D eigenvalue weighted by atomic mass is 9.98. The van der Waals surface area contributed by atoms with Gasteiger partial charge in [0.05, 0.1) is 25.6 Å². The van der Waals surface area contributed by atoms with Crippen LogP contribution in [0.3, 0.4) is 0 Å². The number of nitrogens with one attached hydrogen (secondary N) is 2. The Bertz CT molecular complexity index is 1190. The van der Waals surface area contributed by atoms with Crippen LogP contribution >= 0.6 is 11.3 Å². The van der Waals surface area contributed by atoms with Crippen molar-refractivity contribution in [2.24, 2.45) is 0 Å². The van der Waals surface area contributed by atoms with Crippen molar-refractivity contribution in [3.05, 3.63) is 76.5 Å². The zero-order valence-corrected chi connectivity index (χ0v) is 22.6. The van der Waals surface area contributed by atoms with Crippen molar-refractivity contribution >= 4 is 34.7 Å². The maximum atomic E-state index is 13.8. The van der Waals surface area contributed by atoms with Crippen molar-refractivity contribution in [3.63, 3.8) is 0 Å². The van der Waals surface area contributed by atoms with Crippen LogP contribution in [0.4, 0.5) is 5.69 Å². The second kappa shape index (κ2) is 12.4. The number of amides is 3. The first-order chi connectivity index (χ1) is 17.7. The first-order valence-corrected chi connectivity index (χ1v) is 12.8. The number of carbonyl (C=O) groups is 3. The molecule has 0 radical (unpaired) electrons. The number of carbonyl (C=O) groups excluding carboxylic acids is 3. The zero-order valence-electron chi connectivity index (χ0n) is 21.7. The van der Waals surface area contributed by atoms with E-state index in [1.807, 2.05) is 20.8 Å². The van der Waals surface area contributed by atoms with Gasteiger partial charge in [0.15, 0.2) is 0 Å². The minimum absolute atomic E-state index is 0.292. The number of benzene rings is 2. The molecule has 0 aliphatic carbocycles. The van der Waals surface area contributed by atoms with Gasteiger partial charge >= 0.3 is 0 Å². The van der Waals surface area contributed by atoms with Crippen molar-refractivity contribution in [2.45, 2.75) is 38.8 Å². The highest BCUT2D eigenvalue weighted by atomic mass is 32.1. The number of methoxy groups -OCH3 is 2. The Morgan fingerprint density at radius 2 is 1.54 bits per heavy atom. The Morgan fingerprint density at radius 1 is 0.946 bits per heavy atom. The van der Waals surface area contributed by atoms with Gasteiger partial charge in [0.2, 0.25) is 11.8 Å². The van der Waals surface area contributed by atoms with Crippen molar-refractivity contribution in [1.29, 1.82) is 0 Å².